The van der Waals surface area contributed by atoms with E-state index in [0.29, 0.717) is 11.6 Å². The first-order valence-electron chi connectivity index (χ1n) is 6.87. The average Bonchev–Trinajstić information content (AvgIpc) is 2.41. The van der Waals surface area contributed by atoms with Gasteiger partial charge in [-0.2, -0.15) is 0 Å². The number of rotatable bonds is 3. The number of nitrogens with one attached hydrogen (secondary N) is 2. The molecule has 2 atom stereocenters. The van der Waals surface area contributed by atoms with Crippen LogP contribution < -0.4 is 10.6 Å². The van der Waals surface area contributed by atoms with E-state index in [1.807, 2.05) is 0 Å². The van der Waals surface area contributed by atoms with Crippen molar-refractivity contribution in [1.82, 2.24) is 5.32 Å². The first kappa shape index (κ1) is 14.5. The molecule has 0 saturated carbocycles. The van der Waals surface area contributed by atoms with Crippen molar-refractivity contribution in [2.24, 2.45) is 5.92 Å². The molecule has 2 unspecified atom stereocenters. The lowest BCUT2D eigenvalue weighted by Gasteiger charge is -2.29. The number of anilines is 1. The summed E-state index contributed by atoms with van der Waals surface area (Å²) in [5, 5.41) is 15.0. The molecule has 1 aromatic carbocycles. The lowest BCUT2D eigenvalue weighted by Crippen LogP contribution is -2.48. The van der Waals surface area contributed by atoms with Crippen LogP contribution in [0, 0.1) is 12.8 Å². The second kappa shape index (κ2) is 6.05. The summed E-state index contributed by atoms with van der Waals surface area (Å²) < 4.78 is 0. The van der Waals surface area contributed by atoms with E-state index in [1.54, 1.807) is 19.1 Å². The Bertz CT molecular complexity index is 528. The summed E-state index contributed by atoms with van der Waals surface area (Å²) in [4.78, 5) is 23.1. The highest BCUT2D eigenvalue weighted by Gasteiger charge is 2.27. The molecule has 1 amide bonds. The van der Waals surface area contributed by atoms with Gasteiger partial charge in [-0.3, -0.25) is 4.79 Å². The number of piperidine rings is 1. The van der Waals surface area contributed by atoms with Gasteiger partial charge in [0.25, 0.3) is 0 Å². The van der Waals surface area contributed by atoms with E-state index in [2.05, 4.69) is 17.6 Å². The Labute approximate surface area is 118 Å². The van der Waals surface area contributed by atoms with Crippen LogP contribution in [0.1, 0.15) is 35.7 Å². The smallest absolute Gasteiger partial charge is 0.335 e. The molecule has 5 nitrogen and oxygen atoms in total. The number of aryl methyl sites for hydroxylation is 1. The second-order valence-electron chi connectivity index (χ2n) is 5.38. The van der Waals surface area contributed by atoms with Crippen molar-refractivity contribution in [3.63, 3.8) is 0 Å². The summed E-state index contributed by atoms with van der Waals surface area (Å²) >= 11 is 0. The van der Waals surface area contributed by atoms with Crippen LogP contribution in [0.25, 0.3) is 0 Å². The standard InChI is InChI=1S/C15H20N2O3/c1-9-4-3-7-16-13(9)14(18)17-12-6-5-11(15(19)20)8-10(12)2/h5-6,8-9,13,16H,3-4,7H2,1-2H3,(H,17,18)(H,19,20). The first-order valence-corrected chi connectivity index (χ1v) is 6.87. The average molecular weight is 276 g/mol. The molecular formula is C15H20N2O3. The maximum Gasteiger partial charge on any atom is 0.335 e. The maximum atomic E-state index is 12.3. The van der Waals surface area contributed by atoms with E-state index in [1.165, 1.54) is 6.07 Å². The van der Waals surface area contributed by atoms with Crippen LogP contribution in [-0.2, 0) is 4.79 Å². The van der Waals surface area contributed by atoms with Crippen LogP contribution in [0.5, 0.6) is 0 Å². The Morgan fingerprint density at radius 3 is 2.75 bits per heavy atom. The quantitative estimate of drug-likeness (QED) is 0.789. The van der Waals surface area contributed by atoms with Crippen LogP contribution in [0.3, 0.4) is 0 Å². The number of carbonyl (C=O) groups is 2. The van der Waals surface area contributed by atoms with Crippen molar-refractivity contribution in [3.8, 4) is 0 Å². The number of hydrogen-bond donors (Lipinski definition) is 3. The molecule has 0 aromatic heterocycles. The van der Waals surface area contributed by atoms with E-state index < -0.39 is 5.97 Å². The fourth-order valence-corrected chi connectivity index (χ4v) is 2.55. The number of carbonyl (C=O) groups excluding carboxylic acids is 1. The fourth-order valence-electron chi connectivity index (χ4n) is 2.55. The van der Waals surface area contributed by atoms with Crippen molar-refractivity contribution in [3.05, 3.63) is 29.3 Å². The van der Waals surface area contributed by atoms with Crippen molar-refractivity contribution in [2.75, 3.05) is 11.9 Å². The Kier molecular flexibility index (Phi) is 4.39. The number of hydrogen-bond acceptors (Lipinski definition) is 3. The number of amides is 1. The second-order valence-corrected chi connectivity index (χ2v) is 5.38. The fraction of sp³-hybridized carbons (Fsp3) is 0.467. The van der Waals surface area contributed by atoms with Crippen LogP contribution in [0.2, 0.25) is 0 Å². The normalized spacial score (nSPS) is 22.3. The topological polar surface area (TPSA) is 78.4 Å². The monoisotopic (exact) mass is 276 g/mol. The molecule has 1 saturated heterocycles. The molecule has 0 bridgehead atoms. The third-order valence-corrected chi connectivity index (χ3v) is 3.78. The molecule has 1 heterocycles. The summed E-state index contributed by atoms with van der Waals surface area (Å²) in [5.74, 6) is -0.709. The first-order chi connectivity index (χ1) is 9.49. The molecule has 1 aliphatic rings. The zero-order valence-corrected chi connectivity index (χ0v) is 11.8. The minimum atomic E-state index is -0.964. The number of carboxylic acid groups (broad SMARTS) is 1. The molecule has 0 aliphatic carbocycles. The highest BCUT2D eigenvalue weighted by atomic mass is 16.4. The summed E-state index contributed by atoms with van der Waals surface area (Å²) in [6.07, 6.45) is 2.14. The zero-order valence-electron chi connectivity index (χ0n) is 11.8. The Morgan fingerprint density at radius 1 is 1.40 bits per heavy atom. The van der Waals surface area contributed by atoms with E-state index in [0.717, 1.165) is 24.9 Å². The predicted molar refractivity (Wildman–Crippen MR) is 77.0 cm³/mol. The minimum Gasteiger partial charge on any atom is -0.478 e. The third kappa shape index (κ3) is 3.17. The van der Waals surface area contributed by atoms with Gasteiger partial charge in [-0.15, -0.1) is 0 Å². The number of aromatic carboxylic acids is 1. The molecule has 108 valence electrons. The van der Waals surface area contributed by atoms with Gasteiger partial charge in [-0.05, 0) is 56.0 Å². The molecular weight excluding hydrogens is 256 g/mol. The molecule has 0 spiro atoms. The SMILES string of the molecule is Cc1cc(C(=O)O)ccc1NC(=O)C1NCCCC1C. The van der Waals surface area contributed by atoms with Gasteiger partial charge in [-0.25, -0.2) is 4.79 Å². The van der Waals surface area contributed by atoms with Crippen LogP contribution in [0.15, 0.2) is 18.2 Å². The zero-order chi connectivity index (χ0) is 14.7. The van der Waals surface area contributed by atoms with E-state index in [-0.39, 0.29) is 17.5 Å². The molecule has 3 N–H and O–H groups in total. The van der Waals surface area contributed by atoms with Crippen molar-refractivity contribution in [2.45, 2.75) is 32.7 Å². The lowest BCUT2D eigenvalue weighted by molar-refractivity contribution is -0.119. The van der Waals surface area contributed by atoms with E-state index in [4.69, 9.17) is 5.11 Å². The number of benzene rings is 1. The van der Waals surface area contributed by atoms with Crippen LogP contribution in [-0.4, -0.2) is 29.6 Å². The highest BCUT2D eigenvalue weighted by Crippen LogP contribution is 2.20. The molecule has 1 aromatic rings. The van der Waals surface area contributed by atoms with Crippen molar-refractivity contribution in [1.29, 1.82) is 0 Å². The van der Waals surface area contributed by atoms with Gasteiger partial charge in [0.2, 0.25) is 5.91 Å². The summed E-state index contributed by atoms with van der Waals surface area (Å²) in [6, 6.07) is 4.53. The van der Waals surface area contributed by atoms with Gasteiger partial charge >= 0.3 is 5.97 Å². The largest absolute Gasteiger partial charge is 0.478 e. The summed E-state index contributed by atoms with van der Waals surface area (Å²) in [5.41, 5.74) is 1.64. The summed E-state index contributed by atoms with van der Waals surface area (Å²) in [6.45, 7) is 4.72. The van der Waals surface area contributed by atoms with E-state index >= 15 is 0 Å². The van der Waals surface area contributed by atoms with Gasteiger partial charge in [0, 0.05) is 5.69 Å². The summed E-state index contributed by atoms with van der Waals surface area (Å²) in [7, 11) is 0. The van der Waals surface area contributed by atoms with Gasteiger partial charge in [0.15, 0.2) is 0 Å². The van der Waals surface area contributed by atoms with Crippen molar-refractivity contribution >= 4 is 17.6 Å². The van der Waals surface area contributed by atoms with Crippen LogP contribution in [0.4, 0.5) is 5.69 Å². The molecule has 1 aliphatic heterocycles. The van der Waals surface area contributed by atoms with Crippen LogP contribution >= 0.6 is 0 Å². The highest BCUT2D eigenvalue weighted by molar-refractivity contribution is 5.96. The van der Waals surface area contributed by atoms with Gasteiger partial charge in [0.1, 0.15) is 0 Å². The van der Waals surface area contributed by atoms with Gasteiger partial charge in [0.05, 0.1) is 11.6 Å². The Balaban J connectivity index is 2.09. The van der Waals surface area contributed by atoms with Gasteiger partial charge < -0.3 is 15.7 Å². The van der Waals surface area contributed by atoms with E-state index in [9.17, 15) is 9.59 Å². The Hall–Kier alpha value is -1.88. The molecule has 5 heteroatoms. The maximum absolute atomic E-state index is 12.3. The molecule has 20 heavy (non-hydrogen) atoms. The predicted octanol–water partition coefficient (Wildman–Crippen LogP) is 2.02. The minimum absolute atomic E-state index is 0.0524. The van der Waals surface area contributed by atoms with Crippen molar-refractivity contribution < 1.29 is 14.7 Å². The lowest BCUT2D eigenvalue weighted by atomic mass is 9.92. The molecule has 0 radical (unpaired) electrons. The van der Waals surface area contributed by atoms with Gasteiger partial charge in [-0.1, -0.05) is 6.92 Å². The third-order valence-electron chi connectivity index (χ3n) is 3.78. The molecule has 2 rings (SSSR count). The molecule has 1 fully saturated rings. The number of carboxylic acids is 1. The Morgan fingerprint density at radius 2 is 2.15 bits per heavy atom.